The molecule has 1 saturated carbocycles. The van der Waals surface area contributed by atoms with Crippen molar-refractivity contribution >= 4 is 18.5 Å². The average molecular weight is 294 g/mol. The van der Waals surface area contributed by atoms with Gasteiger partial charge < -0.3 is 0 Å². The molecule has 0 amide bonds. The Kier molecular flexibility index (Phi) is 4.88. The fourth-order valence-corrected chi connectivity index (χ4v) is 6.59. The fourth-order valence-electron chi connectivity index (χ4n) is 3.47. The van der Waals surface area contributed by atoms with Crippen LogP contribution in [0.1, 0.15) is 26.2 Å². The highest BCUT2D eigenvalue weighted by Gasteiger charge is 2.33. The quantitative estimate of drug-likeness (QED) is 0.558. The summed E-state index contributed by atoms with van der Waals surface area (Å²) in [4.78, 5) is 0. The van der Waals surface area contributed by atoms with Gasteiger partial charge in [-0.25, -0.2) is 0 Å². The molecule has 3 rings (SSSR count). The van der Waals surface area contributed by atoms with Crippen LogP contribution >= 0.6 is 7.92 Å². The molecule has 1 heteroatoms. The number of hydrogen-bond donors (Lipinski definition) is 0. The first-order valence-corrected chi connectivity index (χ1v) is 9.33. The van der Waals surface area contributed by atoms with Gasteiger partial charge in [-0.2, -0.15) is 0 Å². The molecular formula is C20H23P. The molecule has 21 heavy (non-hydrogen) atoms. The van der Waals surface area contributed by atoms with Crippen molar-refractivity contribution in [3.8, 4) is 0 Å². The van der Waals surface area contributed by atoms with Crippen LogP contribution in [0.5, 0.6) is 0 Å². The van der Waals surface area contributed by atoms with Crippen molar-refractivity contribution in [1.29, 1.82) is 0 Å². The van der Waals surface area contributed by atoms with Crippen LogP contribution in [0.2, 0.25) is 0 Å². The molecule has 1 aliphatic rings. The van der Waals surface area contributed by atoms with Crippen molar-refractivity contribution in [2.45, 2.75) is 31.8 Å². The molecule has 0 heterocycles. The van der Waals surface area contributed by atoms with Crippen LogP contribution in [0, 0.1) is 5.92 Å². The Labute approximate surface area is 129 Å². The lowest BCUT2D eigenvalue weighted by Crippen LogP contribution is -2.23. The first-order chi connectivity index (χ1) is 10.4. The van der Waals surface area contributed by atoms with E-state index >= 15 is 0 Å². The van der Waals surface area contributed by atoms with Crippen molar-refractivity contribution in [2.24, 2.45) is 5.92 Å². The summed E-state index contributed by atoms with van der Waals surface area (Å²) < 4.78 is 0. The highest BCUT2D eigenvalue weighted by atomic mass is 31.1. The molecule has 0 spiro atoms. The molecule has 0 aromatic heterocycles. The second kappa shape index (κ2) is 7.05. The van der Waals surface area contributed by atoms with Crippen molar-refractivity contribution in [3.05, 3.63) is 72.8 Å². The molecule has 2 atom stereocenters. The molecule has 2 aromatic carbocycles. The third kappa shape index (κ3) is 3.27. The SMILES string of the molecule is C/C=C\[C@@H]1CCC[C@H]1P(c1ccccc1)c1ccccc1. The smallest absolute Gasteiger partial charge is 0.00659 e. The summed E-state index contributed by atoms with van der Waals surface area (Å²) in [6.45, 7) is 2.16. The normalized spacial score (nSPS) is 22.2. The van der Waals surface area contributed by atoms with Gasteiger partial charge in [0.25, 0.3) is 0 Å². The minimum atomic E-state index is -0.254. The number of benzene rings is 2. The highest BCUT2D eigenvalue weighted by Crippen LogP contribution is 2.50. The molecule has 0 unspecified atom stereocenters. The minimum absolute atomic E-state index is 0.254. The van der Waals surface area contributed by atoms with Crippen LogP contribution in [0.4, 0.5) is 0 Å². The monoisotopic (exact) mass is 294 g/mol. The minimum Gasteiger partial charge on any atom is -0.0914 e. The summed E-state index contributed by atoms with van der Waals surface area (Å²) in [5, 5.41) is 3.06. The van der Waals surface area contributed by atoms with Gasteiger partial charge in [-0.3, -0.25) is 0 Å². The highest BCUT2D eigenvalue weighted by molar-refractivity contribution is 7.73. The zero-order valence-corrected chi connectivity index (χ0v) is 13.5. The molecule has 0 N–H and O–H groups in total. The van der Waals surface area contributed by atoms with Crippen LogP contribution in [0.25, 0.3) is 0 Å². The standard InChI is InChI=1S/C20H23P/c1-2-10-17-11-9-16-20(17)21(18-12-5-3-6-13-18)19-14-7-4-8-15-19/h2-8,10,12-15,17,20H,9,11,16H2,1H3/b10-2-/t17-,20-/m1/s1. The summed E-state index contributed by atoms with van der Waals surface area (Å²) >= 11 is 0. The van der Waals surface area contributed by atoms with Gasteiger partial charge in [0.05, 0.1) is 0 Å². The maximum absolute atomic E-state index is 2.44. The van der Waals surface area contributed by atoms with Gasteiger partial charge in [0.1, 0.15) is 0 Å². The predicted octanol–water partition coefficient (Wildman–Crippen LogP) is 4.86. The molecule has 0 bridgehead atoms. The van der Waals surface area contributed by atoms with Crippen molar-refractivity contribution in [3.63, 3.8) is 0 Å². The summed E-state index contributed by atoms with van der Waals surface area (Å²) in [6, 6.07) is 22.3. The van der Waals surface area contributed by atoms with Crippen LogP contribution in [-0.4, -0.2) is 5.66 Å². The Morgan fingerprint density at radius 2 is 1.43 bits per heavy atom. The van der Waals surface area contributed by atoms with Crippen LogP contribution < -0.4 is 10.6 Å². The zero-order chi connectivity index (χ0) is 14.5. The van der Waals surface area contributed by atoms with E-state index in [4.69, 9.17) is 0 Å². The van der Waals surface area contributed by atoms with Gasteiger partial charge in [-0.05, 0) is 49.9 Å². The number of hydrogen-bond acceptors (Lipinski definition) is 0. The van der Waals surface area contributed by atoms with Crippen molar-refractivity contribution in [1.82, 2.24) is 0 Å². The lowest BCUT2D eigenvalue weighted by molar-refractivity contribution is 0.694. The zero-order valence-electron chi connectivity index (χ0n) is 12.7. The first kappa shape index (κ1) is 14.5. The van der Waals surface area contributed by atoms with E-state index in [-0.39, 0.29) is 7.92 Å². The van der Waals surface area contributed by atoms with Gasteiger partial charge in [0.2, 0.25) is 0 Å². The maximum Gasteiger partial charge on any atom is -0.00659 e. The van der Waals surface area contributed by atoms with E-state index < -0.39 is 0 Å². The van der Waals surface area contributed by atoms with Gasteiger partial charge >= 0.3 is 0 Å². The van der Waals surface area contributed by atoms with Crippen LogP contribution in [0.3, 0.4) is 0 Å². The summed E-state index contributed by atoms with van der Waals surface area (Å²) in [5.74, 6) is 0.751. The molecule has 1 aliphatic carbocycles. The van der Waals surface area contributed by atoms with E-state index in [1.165, 1.54) is 29.9 Å². The van der Waals surface area contributed by atoms with E-state index in [1.807, 2.05) is 0 Å². The molecule has 0 saturated heterocycles. The molecule has 0 radical (unpaired) electrons. The third-order valence-electron chi connectivity index (χ3n) is 4.37. The van der Waals surface area contributed by atoms with E-state index in [9.17, 15) is 0 Å². The van der Waals surface area contributed by atoms with Crippen molar-refractivity contribution < 1.29 is 0 Å². The lowest BCUT2D eigenvalue weighted by Gasteiger charge is -2.29. The van der Waals surface area contributed by atoms with Gasteiger partial charge in [-0.15, -0.1) is 0 Å². The Morgan fingerprint density at radius 3 is 1.95 bits per heavy atom. The molecule has 1 fully saturated rings. The second-order valence-corrected chi connectivity index (χ2v) is 8.17. The largest absolute Gasteiger partial charge is 0.0914 e. The number of rotatable bonds is 4. The molecule has 0 aliphatic heterocycles. The van der Waals surface area contributed by atoms with E-state index in [2.05, 4.69) is 79.7 Å². The van der Waals surface area contributed by atoms with Gasteiger partial charge in [-0.1, -0.05) is 79.2 Å². The fraction of sp³-hybridized carbons (Fsp3) is 0.300. The Hall–Kier alpha value is -1.39. The van der Waals surface area contributed by atoms with Crippen LogP contribution in [-0.2, 0) is 0 Å². The molecule has 0 nitrogen and oxygen atoms in total. The topological polar surface area (TPSA) is 0 Å². The molecular weight excluding hydrogens is 271 g/mol. The van der Waals surface area contributed by atoms with E-state index in [0.717, 1.165) is 11.6 Å². The lowest BCUT2D eigenvalue weighted by atomic mass is 10.1. The Balaban J connectivity index is 2.00. The van der Waals surface area contributed by atoms with Gasteiger partial charge in [0.15, 0.2) is 0 Å². The molecule has 108 valence electrons. The summed E-state index contributed by atoms with van der Waals surface area (Å²) in [7, 11) is -0.254. The Morgan fingerprint density at radius 1 is 0.857 bits per heavy atom. The number of allylic oxidation sites excluding steroid dienone is 2. The second-order valence-electron chi connectivity index (χ2n) is 5.73. The Bertz CT molecular complexity index is 534. The van der Waals surface area contributed by atoms with E-state index in [1.54, 1.807) is 0 Å². The predicted molar refractivity (Wildman–Crippen MR) is 95.0 cm³/mol. The van der Waals surface area contributed by atoms with Crippen molar-refractivity contribution in [2.75, 3.05) is 0 Å². The van der Waals surface area contributed by atoms with E-state index in [0.29, 0.717) is 0 Å². The summed E-state index contributed by atoms with van der Waals surface area (Å²) in [6.07, 6.45) is 8.78. The average Bonchev–Trinajstić information content (AvgIpc) is 2.98. The van der Waals surface area contributed by atoms with Gasteiger partial charge in [0, 0.05) is 0 Å². The maximum atomic E-state index is 2.44. The van der Waals surface area contributed by atoms with Crippen LogP contribution in [0.15, 0.2) is 72.8 Å². The molecule has 2 aromatic rings. The third-order valence-corrected chi connectivity index (χ3v) is 7.38. The first-order valence-electron chi connectivity index (χ1n) is 7.92. The summed E-state index contributed by atoms with van der Waals surface area (Å²) in [5.41, 5.74) is 0.793.